The first-order valence-corrected chi connectivity index (χ1v) is 8.04. The van der Waals surface area contributed by atoms with Gasteiger partial charge in [0.2, 0.25) is 0 Å². The third-order valence-corrected chi connectivity index (χ3v) is 4.15. The van der Waals surface area contributed by atoms with Gasteiger partial charge in [-0.25, -0.2) is 0 Å². The van der Waals surface area contributed by atoms with E-state index >= 15 is 0 Å². The molecule has 0 aromatic heterocycles. The average molecular weight is 278 g/mol. The van der Waals surface area contributed by atoms with Crippen LogP contribution in [0.3, 0.4) is 0 Å². The Morgan fingerprint density at radius 1 is 0.857 bits per heavy atom. The Morgan fingerprint density at radius 3 is 2.24 bits per heavy atom. The maximum Gasteiger partial charge on any atom is -0.0196 e. The van der Waals surface area contributed by atoms with E-state index < -0.39 is 0 Å². The molecule has 2 aromatic carbocycles. The quantitative estimate of drug-likeness (QED) is 0.629. The summed E-state index contributed by atoms with van der Waals surface area (Å²) in [6.45, 7) is 6.54. The number of aryl methyl sites for hydroxylation is 4. The van der Waals surface area contributed by atoms with Gasteiger partial charge in [-0.05, 0) is 67.3 Å². The van der Waals surface area contributed by atoms with Gasteiger partial charge in [0.15, 0.2) is 0 Å². The van der Waals surface area contributed by atoms with Gasteiger partial charge in [0, 0.05) is 0 Å². The highest BCUT2D eigenvalue weighted by atomic mass is 14.1. The van der Waals surface area contributed by atoms with Crippen molar-refractivity contribution in [3.8, 4) is 0 Å². The minimum absolute atomic E-state index is 1.10. The van der Waals surface area contributed by atoms with Gasteiger partial charge in [-0.15, -0.1) is 0 Å². The Hall–Kier alpha value is -1.82. The van der Waals surface area contributed by atoms with Gasteiger partial charge in [-0.3, -0.25) is 0 Å². The molecule has 0 amide bonds. The average Bonchev–Trinajstić information content (AvgIpc) is 2.51. The Bertz CT molecular complexity index is 605. The molecule has 0 N–H and O–H groups in total. The standard InChI is InChI=1S/C21H26/c1-4-10-21-18(5-2)13-8-15-20(21)16-9-14-19-12-7-6-11-17(19)3/h4,6-8,10-13,15H,5,9,14,16H2,1-3H3/b10-4-. The van der Waals surface area contributed by atoms with Crippen molar-refractivity contribution in [3.63, 3.8) is 0 Å². The SMILES string of the molecule is C/C=C\c1c(CC)cccc1CCCc1ccccc1C. The largest absolute Gasteiger partial charge is 0.0870 e. The first-order chi connectivity index (χ1) is 10.3. The number of hydrogen-bond acceptors (Lipinski definition) is 0. The third kappa shape index (κ3) is 4.07. The number of rotatable bonds is 6. The van der Waals surface area contributed by atoms with Crippen molar-refractivity contribution in [1.29, 1.82) is 0 Å². The van der Waals surface area contributed by atoms with E-state index in [9.17, 15) is 0 Å². The molecule has 0 spiro atoms. The van der Waals surface area contributed by atoms with Gasteiger partial charge in [0.25, 0.3) is 0 Å². The second kappa shape index (κ2) is 7.83. The van der Waals surface area contributed by atoms with Crippen LogP contribution in [0.2, 0.25) is 0 Å². The zero-order chi connectivity index (χ0) is 15.1. The molecule has 0 saturated heterocycles. The minimum atomic E-state index is 1.10. The highest BCUT2D eigenvalue weighted by Crippen LogP contribution is 2.20. The second-order valence-corrected chi connectivity index (χ2v) is 5.62. The molecule has 21 heavy (non-hydrogen) atoms. The summed E-state index contributed by atoms with van der Waals surface area (Å²) in [6.07, 6.45) is 9.05. The number of hydrogen-bond donors (Lipinski definition) is 0. The summed E-state index contributed by atoms with van der Waals surface area (Å²) in [6, 6.07) is 15.5. The summed E-state index contributed by atoms with van der Waals surface area (Å²) in [4.78, 5) is 0. The first-order valence-electron chi connectivity index (χ1n) is 8.04. The fourth-order valence-electron chi connectivity index (χ4n) is 2.93. The monoisotopic (exact) mass is 278 g/mol. The smallest absolute Gasteiger partial charge is 0.0196 e. The zero-order valence-corrected chi connectivity index (χ0v) is 13.5. The van der Waals surface area contributed by atoms with Crippen molar-refractivity contribution >= 4 is 6.08 Å². The van der Waals surface area contributed by atoms with E-state index in [2.05, 4.69) is 75.4 Å². The lowest BCUT2D eigenvalue weighted by molar-refractivity contribution is 0.813. The van der Waals surface area contributed by atoms with Crippen molar-refractivity contribution in [2.75, 3.05) is 0 Å². The summed E-state index contributed by atoms with van der Waals surface area (Å²) in [5.41, 5.74) is 7.28. The Labute approximate surface area is 129 Å². The van der Waals surface area contributed by atoms with Crippen LogP contribution in [0.4, 0.5) is 0 Å². The molecule has 0 aliphatic heterocycles. The van der Waals surface area contributed by atoms with Gasteiger partial charge in [-0.2, -0.15) is 0 Å². The third-order valence-electron chi connectivity index (χ3n) is 4.15. The lowest BCUT2D eigenvalue weighted by Crippen LogP contribution is -1.97. The molecule has 0 aliphatic rings. The van der Waals surface area contributed by atoms with E-state index in [1.807, 2.05) is 0 Å². The predicted molar refractivity (Wildman–Crippen MR) is 93.7 cm³/mol. The van der Waals surface area contributed by atoms with Crippen LogP contribution in [0, 0.1) is 6.92 Å². The van der Waals surface area contributed by atoms with E-state index in [1.54, 1.807) is 0 Å². The Kier molecular flexibility index (Phi) is 5.80. The van der Waals surface area contributed by atoms with E-state index in [-0.39, 0.29) is 0 Å². The van der Waals surface area contributed by atoms with Gasteiger partial charge in [-0.1, -0.05) is 61.5 Å². The maximum atomic E-state index is 2.28. The van der Waals surface area contributed by atoms with Gasteiger partial charge in [0.05, 0.1) is 0 Å². The molecule has 2 rings (SSSR count). The predicted octanol–water partition coefficient (Wildman–Crippen LogP) is 5.77. The molecule has 0 aliphatic carbocycles. The topological polar surface area (TPSA) is 0 Å². The molecule has 0 atom stereocenters. The van der Waals surface area contributed by atoms with Crippen LogP contribution >= 0.6 is 0 Å². The summed E-state index contributed by atoms with van der Waals surface area (Å²) >= 11 is 0. The van der Waals surface area contributed by atoms with Gasteiger partial charge < -0.3 is 0 Å². The fraction of sp³-hybridized carbons (Fsp3) is 0.333. The molecule has 0 bridgehead atoms. The fourth-order valence-corrected chi connectivity index (χ4v) is 2.93. The molecule has 0 heterocycles. The van der Waals surface area contributed by atoms with Crippen molar-refractivity contribution in [2.45, 2.75) is 46.5 Å². The summed E-state index contributed by atoms with van der Waals surface area (Å²) < 4.78 is 0. The molecule has 0 heteroatoms. The van der Waals surface area contributed by atoms with E-state index in [1.165, 1.54) is 34.2 Å². The Balaban J connectivity index is 2.08. The summed E-state index contributed by atoms with van der Waals surface area (Å²) in [5, 5.41) is 0. The van der Waals surface area contributed by atoms with Crippen LogP contribution in [0.1, 0.15) is 48.1 Å². The van der Waals surface area contributed by atoms with Crippen LogP contribution < -0.4 is 0 Å². The summed E-state index contributed by atoms with van der Waals surface area (Å²) in [7, 11) is 0. The lowest BCUT2D eigenvalue weighted by Gasteiger charge is -2.11. The van der Waals surface area contributed by atoms with E-state index in [4.69, 9.17) is 0 Å². The van der Waals surface area contributed by atoms with Crippen LogP contribution in [0.5, 0.6) is 0 Å². The molecule has 0 saturated carbocycles. The highest BCUT2D eigenvalue weighted by molar-refractivity contribution is 5.58. The molecular formula is C21H26. The number of allylic oxidation sites excluding steroid dienone is 1. The van der Waals surface area contributed by atoms with Crippen molar-refractivity contribution < 1.29 is 0 Å². The minimum Gasteiger partial charge on any atom is -0.0870 e. The molecule has 2 aromatic rings. The zero-order valence-electron chi connectivity index (χ0n) is 13.5. The van der Waals surface area contributed by atoms with Crippen LogP contribution in [0.15, 0.2) is 48.5 Å². The molecule has 0 unspecified atom stereocenters. The molecule has 0 fully saturated rings. The van der Waals surface area contributed by atoms with Crippen molar-refractivity contribution in [2.24, 2.45) is 0 Å². The molecule has 0 radical (unpaired) electrons. The van der Waals surface area contributed by atoms with Crippen molar-refractivity contribution in [3.05, 3.63) is 76.4 Å². The normalized spacial score (nSPS) is 11.2. The van der Waals surface area contributed by atoms with Crippen molar-refractivity contribution in [1.82, 2.24) is 0 Å². The van der Waals surface area contributed by atoms with E-state index in [0.717, 1.165) is 19.3 Å². The maximum absolute atomic E-state index is 2.28. The summed E-state index contributed by atoms with van der Waals surface area (Å²) in [5.74, 6) is 0. The van der Waals surface area contributed by atoms with E-state index in [0.29, 0.717) is 0 Å². The Morgan fingerprint density at radius 2 is 1.52 bits per heavy atom. The van der Waals surface area contributed by atoms with Gasteiger partial charge in [0.1, 0.15) is 0 Å². The highest BCUT2D eigenvalue weighted by Gasteiger charge is 2.05. The van der Waals surface area contributed by atoms with Crippen LogP contribution in [0.25, 0.3) is 6.08 Å². The molecular weight excluding hydrogens is 252 g/mol. The second-order valence-electron chi connectivity index (χ2n) is 5.62. The molecule has 110 valence electrons. The van der Waals surface area contributed by atoms with Crippen LogP contribution in [-0.2, 0) is 19.3 Å². The lowest BCUT2D eigenvalue weighted by atomic mass is 9.94. The molecule has 0 nitrogen and oxygen atoms in total. The van der Waals surface area contributed by atoms with Crippen LogP contribution in [-0.4, -0.2) is 0 Å². The number of benzene rings is 2. The van der Waals surface area contributed by atoms with Gasteiger partial charge >= 0.3 is 0 Å². The first kappa shape index (κ1) is 15.6.